The molecule has 2 aliphatic rings. The number of anilines is 1. The van der Waals surface area contributed by atoms with Crippen LogP contribution in [0.15, 0.2) is 79.0 Å². The van der Waals surface area contributed by atoms with Gasteiger partial charge in [0.25, 0.3) is 6.73 Å². The Morgan fingerprint density at radius 3 is 2.55 bits per heavy atom. The van der Waals surface area contributed by atoms with E-state index in [9.17, 15) is 4.79 Å². The number of ketones is 1. The number of methoxy groups -OCH3 is 1. The van der Waals surface area contributed by atoms with Crippen LogP contribution in [0.3, 0.4) is 0 Å². The topological polar surface area (TPSA) is 55.9 Å². The number of aromatic nitrogens is 1. The van der Waals surface area contributed by atoms with Gasteiger partial charge in [0.15, 0.2) is 23.5 Å². The van der Waals surface area contributed by atoms with Gasteiger partial charge in [-0.1, -0.05) is 36.4 Å². The number of nitrogens with zero attached hydrogens (tertiary/aromatic N) is 1. The summed E-state index contributed by atoms with van der Waals surface area (Å²) in [5, 5.41) is 4.40. The van der Waals surface area contributed by atoms with Crippen LogP contribution in [-0.4, -0.2) is 33.0 Å². The zero-order chi connectivity index (χ0) is 27.5. The first-order valence-electron chi connectivity index (χ1n) is 14.5. The van der Waals surface area contributed by atoms with Crippen molar-refractivity contribution in [3.8, 4) is 11.5 Å². The van der Waals surface area contributed by atoms with Gasteiger partial charge in [-0.25, -0.2) is 0 Å². The Labute approximate surface area is 236 Å². The molecule has 2 heterocycles. The lowest BCUT2D eigenvalue weighted by Crippen LogP contribution is -3.11. The van der Waals surface area contributed by atoms with Crippen LogP contribution in [0.25, 0.3) is 10.9 Å². The van der Waals surface area contributed by atoms with Gasteiger partial charge in [-0.3, -0.25) is 4.79 Å². The lowest BCUT2D eigenvalue weighted by Gasteiger charge is -2.30. The molecule has 1 aliphatic heterocycles. The quantitative estimate of drug-likeness (QED) is 0.310. The number of nitrogens with one attached hydrogen (secondary N) is 2. The van der Waals surface area contributed by atoms with Crippen molar-refractivity contribution in [2.75, 3.05) is 32.6 Å². The van der Waals surface area contributed by atoms with E-state index in [-0.39, 0.29) is 11.7 Å². The minimum absolute atomic E-state index is 0.0567. The fourth-order valence-corrected chi connectivity index (χ4v) is 6.62. The summed E-state index contributed by atoms with van der Waals surface area (Å²) in [6.45, 7) is 3.77. The maximum absolute atomic E-state index is 13.5. The summed E-state index contributed by atoms with van der Waals surface area (Å²) in [4.78, 5) is 15.2. The summed E-state index contributed by atoms with van der Waals surface area (Å²) < 4.78 is 14.1. The second-order valence-corrected chi connectivity index (χ2v) is 11.3. The minimum Gasteiger partial charge on any atom is -0.493 e. The summed E-state index contributed by atoms with van der Waals surface area (Å²) in [6.07, 6.45) is 6.17. The molecule has 1 atom stereocenters. The van der Waals surface area contributed by atoms with Crippen molar-refractivity contribution < 1.29 is 23.7 Å². The van der Waals surface area contributed by atoms with Crippen molar-refractivity contribution >= 4 is 22.4 Å². The summed E-state index contributed by atoms with van der Waals surface area (Å²) >= 11 is 0. The molecule has 0 radical (unpaired) electrons. The highest BCUT2D eigenvalue weighted by atomic mass is 16.5. The molecule has 6 rings (SSSR count). The summed E-state index contributed by atoms with van der Waals surface area (Å²) in [5.41, 5.74) is 5.40. The average Bonchev–Trinajstić information content (AvgIpc) is 3.30. The molecule has 1 fully saturated rings. The smallest absolute Gasteiger partial charge is 0.292 e. The van der Waals surface area contributed by atoms with Crippen molar-refractivity contribution in [2.24, 2.45) is 11.8 Å². The first-order valence-corrected chi connectivity index (χ1v) is 14.5. The maximum atomic E-state index is 13.5. The third-order valence-corrected chi connectivity index (χ3v) is 8.74. The standard InChI is InChI=1S/C34H38N3O3/c1-35-30-12-6-10-26-11-7-15-37(33(26)30)23-40-32-21-29-27(20-31(32)39-2)19-28(34(29)38)18-24-13-16-36(17-14-24)22-25-8-4-3-5-9-25/h3-12,15,20-21,24,28,35H,13-14,16-19,22-23H2,1-2H3/q+1/p+1. The molecular formula is C34H39N3O3+2. The third-order valence-electron chi connectivity index (χ3n) is 8.74. The van der Waals surface area contributed by atoms with Crippen molar-refractivity contribution in [3.05, 3.63) is 95.7 Å². The number of pyridine rings is 1. The number of quaternary nitrogens is 1. The molecule has 0 saturated carbocycles. The van der Waals surface area contributed by atoms with Gasteiger partial charge in [-0.05, 0) is 67.5 Å². The molecule has 6 nitrogen and oxygen atoms in total. The monoisotopic (exact) mass is 537 g/mol. The number of likely N-dealkylation sites (tertiary alicyclic amines) is 1. The van der Waals surface area contributed by atoms with Crippen LogP contribution < -0.4 is 24.3 Å². The number of hydrogen-bond acceptors (Lipinski definition) is 4. The second-order valence-electron chi connectivity index (χ2n) is 11.3. The zero-order valence-corrected chi connectivity index (χ0v) is 23.5. The number of carbonyl (C=O) groups is 1. The van der Waals surface area contributed by atoms with Crippen LogP contribution in [0.1, 0.15) is 40.7 Å². The van der Waals surface area contributed by atoms with Gasteiger partial charge in [-0.15, -0.1) is 0 Å². The third kappa shape index (κ3) is 5.41. The molecule has 206 valence electrons. The summed E-state index contributed by atoms with van der Waals surface area (Å²) in [6, 6.07) is 25.0. The second kappa shape index (κ2) is 11.7. The molecule has 1 aliphatic carbocycles. The highest BCUT2D eigenvalue weighted by Gasteiger charge is 2.35. The van der Waals surface area contributed by atoms with E-state index >= 15 is 0 Å². The van der Waals surface area contributed by atoms with Crippen LogP contribution >= 0.6 is 0 Å². The number of fused-ring (bicyclic) bond motifs is 2. The molecule has 0 amide bonds. The molecule has 2 N–H and O–H groups in total. The number of Topliss-reactive ketones (excluding diaryl/α,β-unsaturated/α-hetero) is 1. The fourth-order valence-electron chi connectivity index (χ4n) is 6.62. The van der Waals surface area contributed by atoms with Crippen molar-refractivity contribution in [1.29, 1.82) is 0 Å². The lowest BCUT2D eigenvalue weighted by atomic mass is 9.85. The lowest BCUT2D eigenvalue weighted by molar-refractivity contribution is -0.919. The number of piperidine rings is 1. The molecule has 1 aromatic heterocycles. The first-order chi connectivity index (χ1) is 19.6. The predicted molar refractivity (Wildman–Crippen MR) is 157 cm³/mol. The molecule has 40 heavy (non-hydrogen) atoms. The molecule has 3 aromatic carbocycles. The Kier molecular flexibility index (Phi) is 7.69. The minimum atomic E-state index is 0.0567. The Balaban J connectivity index is 1.11. The fraction of sp³-hybridized carbons (Fsp3) is 0.353. The van der Waals surface area contributed by atoms with Crippen molar-refractivity contribution in [1.82, 2.24) is 0 Å². The Hall–Kier alpha value is -3.90. The van der Waals surface area contributed by atoms with Crippen LogP contribution in [0.4, 0.5) is 5.69 Å². The zero-order valence-electron chi connectivity index (χ0n) is 23.5. The maximum Gasteiger partial charge on any atom is 0.292 e. The Bertz CT molecular complexity index is 1490. The van der Waals surface area contributed by atoms with E-state index < -0.39 is 0 Å². The number of benzene rings is 3. The van der Waals surface area contributed by atoms with Crippen LogP contribution in [0.2, 0.25) is 0 Å². The highest BCUT2D eigenvalue weighted by molar-refractivity contribution is 6.03. The van der Waals surface area contributed by atoms with E-state index in [1.807, 2.05) is 37.5 Å². The SMILES string of the molecule is CNc1cccc2ccc[n+](COc3cc4c(cc3OC)CC(CC3CC[NH+](Cc5ccccc5)CC3)C4=O)c12. The van der Waals surface area contributed by atoms with Crippen molar-refractivity contribution in [2.45, 2.75) is 39.0 Å². The Morgan fingerprint density at radius 2 is 1.77 bits per heavy atom. The van der Waals surface area contributed by atoms with Gasteiger partial charge in [0.05, 0.1) is 20.2 Å². The first kappa shape index (κ1) is 26.3. The van der Waals surface area contributed by atoms with Gasteiger partial charge < -0.3 is 19.7 Å². The number of hydrogen-bond donors (Lipinski definition) is 2. The van der Waals surface area contributed by atoms with Gasteiger partial charge in [0.2, 0.25) is 5.52 Å². The molecule has 6 heteroatoms. The molecule has 4 aromatic rings. The van der Waals surface area contributed by atoms with E-state index in [2.05, 4.69) is 58.4 Å². The number of rotatable bonds is 9. The van der Waals surface area contributed by atoms with E-state index in [0.717, 1.165) is 47.1 Å². The average molecular weight is 538 g/mol. The van der Waals surface area contributed by atoms with Crippen LogP contribution in [-0.2, 0) is 19.7 Å². The largest absolute Gasteiger partial charge is 0.493 e. The van der Waals surface area contributed by atoms with Crippen LogP contribution in [0.5, 0.6) is 11.5 Å². The van der Waals surface area contributed by atoms with E-state index in [1.54, 1.807) is 12.0 Å². The summed E-state index contributed by atoms with van der Waals surface area (Å²) in [7, 11) is 3.59. The molecule has 1 saturated heterocycles. The van der Waals surface area contributed by atoms with E-state index in [1.165, 1.54) is 31.5 Å². The van der Waals surface area contributed by atoms with Crippen molar-refractivity contribution in [3.63, 3.8) is 0 Å². The van der Waals surface area contributed by atoms with Gasteiger partial charge in [-0.2, -0.15) is 4.57 Å². The Morgan fingerprint density at radius 1 is 0.975 bits per heavy atom. The predicted octanol–water partition coefficient (Wildman–Crippen LogP) is 4.45. The number of carbonyl (C=O) groups excluding carboxylic acids is 1. The molecule has 1 unspecified atom stereocenters. The highest BCUT2D eigenvalue weighted by Crippen LogP contribution is 2.39. The van der Waals surface area contributed by atoms with Gasteiger partial charge in [0.1, 0.15) is 12.2 Å². The summed E-state index contributed by atoms with van der Waals surface area (Å²) in [5.74, 6) is 2.22. The normalized spacial score (nSPS) is 20.4. The number of ether oxygens (including phenoxy) is 2. The van der Waals surface area contributed by atoms with Gasteiger partial charge >= 0.3 is 0 Å². The van der Waals surface area contributed by atoms with Crippen LogP contribution in [0, 0.1) is 11.8 Å². The number of para-hydroxylation sites is 1. The molecule has 0 spiro atoms. The molecular weight excluding hydrogens is 498 g/mol. The molecule has 0 bridgehead atoms. The van der Waals surface area contributed by atoms with E-state index in [4.69, 9.17) is 9.47 Å². The van der Waals surface area contributed by atoms with Gasteiger partial charge in [0, 0.05) is 35.5 Å². The van der Waals surface area contributed by atoms with E-state index in [0.29, 0.717) is 24.1 Å².